The molecule has 1 aliphatic rings. The topological polar surface area (TPSA) is 29.5 Å². The van der Waals surface area contributed by atoms with Gasteiger partial charge in [-0.25, -0.2) is 0 Å². The normalized spacial score (nSPS) is 24.8. The van der Waals surface area contributed by atoms with Crippen LogP contribution in [-0.2, 0) is 4.79 Å². The van der Waals surface area contributed by atoms with Crippen molar-refractivity contribution in [1.29, 1.82) is 0 Å². The molecule has 1 aromatic carbocycles. The predicted octanol–water partition coefficient (Wildman–Crippen LogP) is 3.85. The lowest BCUT2D eigenvalue weighted by Gasteiger charge is -2.31. The van der Waals surface area contributed by atoms with Gasteiger partial charge in [0.2, 0.25) is 5.91 Å². The summed E-state index contributed by atoms with van der Waals surface area (Å²) in [5.74, 6) is 0.981. The third-order valence-electron chi connectivity index (χ3n) is 3.96. The number of amides is 1. The van der Waals surface area contributed by atoms with Crippen LogP contribution in [0.25, 0.3) is 0 Å². The molecule has 0 saturated carbocycles. The number of benzene rings is 1. The van der Waals surface area contributed by atoms with Gasteiger partial charge in [0.15, 0.2) is 0 Å². The molecule has 1 heterocycles. The summed E-state index contributed by atoms with van der Waals surface area (Å²) in [5.41, 5.74) is 1.08. The first-order valence-electron chi connectivity index (χ1n) is 7.02. The maximum atomic E-state index is 12.2. The summed E-state index contributed by atoms with van der Waals surface area (Å²) in [5, 5.41) is 0.0311. The zero-order valence-electron chi connectivity index (χ0n) is 12.8. The Labute approximate surface area is 125 Å². The molecule has 0 aromatic heterocycles. The Bertz CT molecular complexity index is 501. The summed E-state index contributed by atoms with van der Waals surface area (Å²) in [6.07, 6.45) is 0.964. The average Bonchev–Trinajstić information content (AvgIpc) is 2.69. The molecule has 2 atom stereocenters. The summed E-state index contributed by atoms with van der Waals surface area (Å²) in [4.78, 5) is 14.2. The van der Waals surface area contributed by atoms with Crippen LogP contribution in [0.4, 0.5) is 0 Å². The molecule has 2 unspecified atom stereocenters. The number of ether oxygens (including phenoxy) is 1. The second-order valence-electron chi connectivity index (χ2n) is 5.67. The molecular formula is C16H23NO2S. The molecule has 0 spiro atoms. The Kier molecular flexibility index (Phi) is 4.33. The number of methoxy groups -OCH3 is 1. The number of rotatable bonds is 3. The molecule has 1 fully saturated rings. The maximum absolute atomic E-state index is 12.2. The number of thioether (sulfide) groups is 1. The lowest BCUT2D eigenvalue weighted by molar-refractivity contribution is -0.131. The van der Waals surface area contributed by atoms with Crippen molar-refractivity contribution in [3.05, 3.63) is 29.8 Å². The minimum atomic E-state index is 0.0311. The summed E-state index contributed by atoms with van der Waals surface area (Å²) in [6, 6.07) is 8.23. The van der Waals surface area contributed by atoms with Crippen LogP contribution in [-0.4, -0.2) is 28.7 Å². The van der Waals surface area contributed by atoms with Crippen LogP contribution in [0.5, 0.6) is 5.75 Å². The van der Waals surface area contributed by atoms with Crippen LogP contribution in [0.2, 0.25) is 0 Å². The van der Waals surface area contributed by atoms with Gasteiger partial charge < -0.3 is 9.64 Å². The first-order valence-corrected chi connectivity index (χ1v) is 7.90. The highest BCUT2D eigenvalue weighted by Gasteiger charge is 2.48. The molecule has 0 bridgehead atoms. The lowest BCUT2D eigenvalue weighted by Crippen LogP contribution is -2.42. The highest BCUT2D eigenvalue weighted by Crippen LogP contribution is 2.54. The highest BCUT2D eigenvalue weighted by molar-refractivity contribution is 8.01. The van der Waals surface area contributed by atoms with Crippen molar-refractivity contribution in [3.63, 3.8) is 0 Å². The largest absolute Gasteiger partial charge is 0.496 e. The Balaban J connectivity index is 2.47. The molecule has 2 rings (SSSR count). The van der Waals surface area contributed by atoms with E-state index in [1.165, 1.54) is 0 Å². The third-order valence-corrected chi connectivity index (χ3v) is 5.55. The van der Waals surface area contributed by atoms with E-state index in [4.69, 9.17) is 4.74 Å². The standard InChI is InChI=1S/C16H23NO2S/c1-6-14-16(3,4)20-15(17(14)11(2)18)12-9-7-8-10-13(12)19-5/h7-10,14-15H,6H2,1-5H3. The lowest BCUT2D eigenvalue weighted by atomic mass is 9.98. The number of hydrogen-bond donors (Lipinski definition) is 0. The molecule has 1 amide bonds. The molecule has 3 nitrogen and oxygen atoms in total. The van der Waals surface area contributed by atoms with Crippen LogP contribution >= 0.6 is 11.8 Å². The van der Waals surface area contributed by atoms with Gasteiger partial charge in [-0.15, -0.1) is 11.8 Å². The molecule has 1 aliphatic heterocycles. The molecular weight excluding hydrogens is 270 g/mol. The number of nitrogens with zero attached hydrogens (tertiary/aromatic N) is 1. The van der Waals surface area contributed by atoms with E-state index in [2.05, 4.69) is 26.8 Å². The van der Waals surface area contributed by atoms with Crippen molar-refractivity contribution in [2.45, 2.75) is 50.3 Å². The van der Waals surface area contributed by atoms with Gasteiger partial charge in [-0.05, 0) is 26.3 Å². The molecule has 0 radical (unpaired) electrons. The fourth-order valence-electron chi connectivity index (χ4n) is 3.08. The van der Waals surface area contributed by atoms with E-state index >= 15 is 0 Å². The Hall–Kier alpha value is -1.16. The van der Waals surface area contributed by atoms with Gasteiger partial charge in [0.25, 0.3) is 0 Å². The van der Waals surface area contributed by atoms with Crippen LogP contribution in [0.3, 0.4) is 0 Å². The maximum Gasteiger partial charge on any atom is 0.220 e. The van der Waals surface area contributed by atoms with Crippen molar-refractivity contribution in [2.24, 2.45) is 0 Å². The minimum absolute atomic E-state index is 0.0311. The summed E-state index contributed by atoms with van der Waals surface area (Å²) < 4.78 is 5.52. The predicted molar refractivity (Wildman–Crippen MR) is 84.0 cm³/mol. The molecule has 110 valence electrons. The first kappa shape index (κ1) is 15.2. The first-order chi connectivity index (χ1) is 9.42. The summed E-state index contributed by atoms with van der Waals surface area (Å²) in [7, 11) is 1.68. The molecule has 0 aliphatic carbocycles. The molecule has 0 N–H and O–H groups in total. The van der Waals surface area contributed by atoms with Crippen molar-refractivity contribution >= 4 is 17.7 Å². The van der Waals surface area contributed by atoms with Crippen LogP contribution < -0.4 is 4.74 Å². The summed E-state index contributed by atoms with van der Waals surface area (Å²) in [6.45, 7) is 8.24. The van der Waals surface area contributed by atoms with Crippen LogP contribution in [0, 0.1) is 0 Å². The van der Waals surface area contributed by atoms with Crippen molar-refractivity contribution < 1.29 is 9.53 Å². The highest BCUT2D eigenvalue weighted by atomic mass is 32.2. The van der Waals surface area contributed by atoms with E-state index in [0.717, 1.165) is 17.7 Å². The van der Waals surface area contributed by atoms with Crippen LogP contribution in [0.15, 0.2) is 24.3 Å². The molecule has 4 heteroatoms. The van der Waals surface area contributed by atoms with E-state index in [-0.39, 0.29) is 22.1 Å². The van der Waals surface area contributed by atoms with Crippen molar-refractivity contribution in [2.75, 3.05) is 7.11 Å². The van der Waals surface area contributed by atoms with E-state index in [0.29, 0.717) is 0 Å². The second kappa shape index (κ2) is 5.68. The Morgan fingerprint density at radius 2 is 2.05 bits per heavy atom. The average molecular weight is 293 g/mol. The fraction of sp³-hybridized carbons (Fsp3) is 0.562. The smallest absolute Gasteiger partial charge is 0.220 e. The van der Waals surface area contributed by atoms with E-state index in [1.807, 2.05) is 34.9 Å². The monoisotopic (exact) mass is 293 g/mol. The zero-order valence-corrected chi connectivity index (χ0v) is 13.7. The van der Waals surface area contributed by atoms with Gasteiger partial charge in [-0.2, -0.15) is 0 Å². The van der Waals surface area contributed by atoms with E-state index in [9.17, 15) is 4.79 Å². The van der Waals surface area contributed by atoms with Gasteiger partial charge >= 0.3 is 0 Å². The van der Waals surface area contributed by atoms with Crippen LogP contribution in [0.1, 0.15) is 45.1 Å². The quantitative estimate of drug-likeness (QED) is 0.848. The van der Waals surface area contributed by atoms with E-state index < -0.39 is 0 Å². The molecule has 1 saturated heterocycles. The molecule has 20 heavy (non-hydrogen) atoms. The summed E-state index contributed by atoms with van der Waals surface area (Å²) >= 11 is 1.84. The van der Waals surface area contributed by atoms with Crippen molar-refractivity contribution in [3.8, 4) is 5.75 Å². The minimum Gasteiger partial charge on any atom is -0.496 e. The number of para-hydroxylation sites is 1. The van der Waals surface area contributed by atoms with Gasteiger partial charge in [0.1, 0.15) is 11.1 Å². The van der Waals surface area contributed by atoms with Gasteiger partial charge in [0.05, 0.1) is 7.11 Å². The SMILES string of the molecule is CCC1N(C(C)=O)C(c2ccccc2OC)SC1(C)C. The Morgan fingerprint density at radius 1 is 1.40 bits per heavy atom. The Morgan fingerprint density at radius 3 is 2.60 bits per heavy atom. The fourth-order valence-corrected chi connectivity index (χ4v) is 4.82. The van der Waals surface area contributed by atoms with Gasteiger partial charge in [-0.1, -0.05) is 25.1 Å². The second-order valence-corrected chi connectivity index (χ2v) is 7.40. The third kappa shape index (κ3) is 2.53. The molecule has 1 aromatic rings. The van der Waals surface area contributed by atoms with Gasteiger partial charge in [-0.3, -0.25) is 4.79 Å². The zero-order chi connectivity index (χ0) is 14.9. The van der Waals surface area contributed by atoms with E-state index in [1.54, 1.807) is 14.0 Å². The number of hydrogen-bond acceptors (Lipinski definition) is 3. The number of carbonyl (C=O) groups excluding carboxylic acids is 1. The van der Waals surface area contributed by atoms with Crippen molar-refractivity contribution in [1.82, 2.24) is 4.90 Å². The number of carbonyl (C=O) groups is 1. The van der Waals surface area contributed by atoms with Gasteiger partial charge in [0, 0.05) is 23.3 Å².